The minimum Gasteiger partial charge on any atom is -0.354 e. The van der Waals surface area contributed by atoms with Crippen LogP contribution in [-0.2, 0) is 32.6 Å². The molecular formula is C35H38ClN3O4S. The maximum atomic E-state index is 14.4. The molecular weight excluding hydrogens is 594 g/mol. The van der Waals surface area contributed by atoms with E-state index in [-0.39, 0.29) is 29.5 Å². The molecule has 2 amide bonds. The molecule has 4 aromatic rings. The SMILES string of the molecule is CCCCNC(=O)[C@@H](Cc1ccccc1)N(Cc1ccc(C)cc1)C(=O)CN(c1ccc(Cl)cc1)S(=O)(=O)c1ccccc1. The molecule has 0 bridgehead atoms. The van der Waals surface area contributed by atoms with Crippen molar-refractivity contribution in [1.82, 2.24) is 10.2 Å². The highest BCUT2D eigenvalue weighted by molar-refractivity contribution is 7.92. The number of hydrogen-bond acceptors (Lipinski definition) is 4. The van der Waals surface area contributed by atoms with Crippen molar-refractivity contribution >= 4 is 39.1 Å². The van der Waals surface area contributed by atoms with E-state index in [1.54, 1.807) is 42.5 Å². The third-order valence-corrected chi connectivity index (χ3v) is 9.34. The first-order chi connectivity index (χ1) is 21.2. The van der Waals surface area contributed by atoms with Crippen LogP contribution in [0.25, 0.3) is 0 Å². The summed E-state index contributed by atoms with van der Waals surface area (Å²) >= 11 is 6.12. The first-order valence-electron chi connectivity index (χ1n) is 14.7. The average molecular weight is 632 g/mol. The van der Waals surface area contributed by atoms with Gasteiger partial charge in [0.25, 0.3) is 10.0 Å². The number of aryl methyl sites for hydroxylation is 1. The van der Waals surface area contributed by atoms with Crippen LogP contribution in [0.3, 0.4) is 0 Å². The molecule has 0 aliphatic carbocycles. The van der Waals surface area contributed by atoms with Gasteiger partial charge in [-0.15, -0.1) is 0 Å². The standard InChI is InChI=1S/C35H38ClN3O4S/c1-3-4-23-37-35(41)33(24-28-11-7-5-8-12-28)38(25-29-17-15-27(2)16-18-29)34(40)26-39(31-21-19-30(36)20-22-31)44(42,43)32-13-9-6-10-14-32/h5-22,33H,3-4,23-26H2,1-2H3,(H,37,41)/t33-/m1/s1. The molecule has 0 heterocycles. The van der Waals surface area contributed by atoms with Gasteiger partial charge < -0.3 is 10.2 Å². The molecule has 4 rings (SSSR count). The zero-order valence-corrected chi connectivity index (χ0v) is 26.6. The molecule has 7 nitrogen and oxygen atoms in total. The van der Waals surface area contributed by atoms with Gasteiger partial charge in [-0.25, -0.2) is 8.42 Å². The second kappa shape index (κ2) is 15.5. The largest absolute Gasteiger partial charge is 0.354 e. The maximum absolute atomic E-state index is 14.4. The summed E-state index contributed by atoms with van der Waals surface area (Å²) in [5.41, 5.74) is 3.06. The minimum atomic E-state index is -4.15. The molecule has 0 saturated carbocycles. The number of halogens is 1. The van der Waals surface area contributed by atoms with Crippen molar-refractivity contribution in [1.29, 1.82) is 0 Å². The Morgan fingerprint density at radius 2 is 1.43 bits per heavy atom. The molecule has 0 aliphatic rings. The number of unbranched alkanes of at least 4 members (excludes halogenated alkanes) is 1. The highest BCUT2D eigenvalue weighted by atomic mass is 35.5. The van der Waals surface area contributed by atoms with Crippen LogP contribution in [0.15, 0.2) is 114 Å². The Kier molecular flexibility index (Phi) is 11.6. The molecule has 230 valence electrons. The van der Waals surface area contributed by atoms with Gasteiger partial charge in [0.2, 0.25) is 11.8 Å². The lowest BCUT2D eigenvalue weighted by Crippen LogP contribution is -2.53. The van der Waals surface area contributed by atoms with Gasteiger partial charge in [-0.05, 0) is 60.9 Å². The molecule has 1 atom stereocenters. The number of nitrogens with zero attached hydrogens (tertiary/aromatic N) is 2. The van der Waals surface area contributed by atoms with E-state index in [1.807, 2.05) is 68.4 Å². The molecule has 0 aromatic heterocycles. The van der Waals surface area contributed by atoms with Gasteiger partial charge in [-0.2, -0.15) is 0 Å². The second-order valence-corrected chi connectivity index (χ2v) is 13.0. The van der Waals surface area contributed by atoms with Crippen LogP contribution in [0.1, 0.15) is 36.5 Å². The van der Waals surface area contributed by atoms with Crippen LogP contribution in [0.5, 0.6) is 0 Å². The number of nitrogens with one attached hydrogen (secondary N) is 1. The highest BCUT2D eigenvalue weighted by Gasteiger charge is 2.34. The van der Waals surface area contributed by atoms with E-state index in [0.717, 1.165) is 33.8 Å². The maximum Gasteiger partial charge on any atom is 0.264 e. The average Bonchev–Trinajstić information content (AvgIpc) is 3.03. The lowest BCUT2D eigenvalue weighted by molar-refractivity contribution is -0.140. The molecule has 4 aromatic carbocycles. The molecule has 0 aliphatic heterocycles. The Labute approximate surface area is 265 Å². The summed E-state index contributed by atoms with van der Waals surface area (Å²) in [6.07, 6.45) is 1.97. The fourth-order valence-electron chi connectivity index (χ4n) is 4.81. The number of carbonyl (C=O) groups excluding carboxylic acids is 2. The van der Waals surface area contributed by atoms with Gasteiger partial charge >= 0.3 is 0 Å². The van der Waals surface area contributed by atoms with E-state index >= 15 is 0 Å². The van der Waals surface area contributed by atoms with Crippen molar-refractivity contribution < 1.29 is 18.0 Å². The Morgan fingerprint density at radius 1 is 0.818 bits per heavy atom. The van der Waals surface area contributed by atoms with Gasteiger partial charge in [0.15, 0.2) is 0 Å². The first-order valence-corrected chi connectivity index (χ1v) is 16.5. The summed E-state index contributed by atoms with van der Waals surface area (Å²) in [7, 11) is -4.15. The number of hydrogen-bond donors (Lipinski definition) is 1. The van der Waals surface area contributed by atoms with Crippen molar-refractivity contribution in [2.24, 2.45) is 0 Å². The number of amides is 2. The van der Waals surface area contributed by atoms with Gasteiger partial charge in [0, 0.05) is 24.5 Å². The molecule has 0 saturated heterocycles. The predicted molar refractivity (Wildman–Crippen MR) is 176 cm³/mol. The van der Waals surface area contributed by atoms with Gasteiger partial charge in [-0.3, -0.25) is 13.9 Å². The fraction of sp³-hybridized carbons (Fsp3) is 0.257. The number of sulfonamides is 1. The van der Waals surface area contributed by atoms with Gasteiger partial charge in [0.1, 0.15) is 12.6 Å². The number of anilines is 1. The van der Waals surface area contributed by atoms with E-state index in [0.29, 0.717) is 11.6 Å². The van der Waals surface area contributed by atoms with Gasteiger partial charge in [0.05, 0.1) is 10.6 Å². The number of carbonyl (C=O) groups is 2. The fourth-order valence-corrected chi connectivity index (χ4v) is 6.37. The van der Waals surface area contributed by atoms with Crippen LogP contribution in [-0.4, -0.2) is 44.3 Å². The quantitative estimate of drug-likeness (QED) is 0.163. The third kappa shape index (κ3) is 8.71. The summed E-state index contributed by atoms with van der Waals surface area (Å²) in [5, 5.41) is 3.44. The molecule has 0 spiro atoms. The first kappa shape index (κ1) is 32.8. The Balaban J connectivity index is 1.77. The second-order valence-electron chi connectivity index (χ2n) is 10.7. The Bertz CT molecular complexity index is 1610. The number of benzene rings is 4. The zero-order chi connectivity index (χ0) is 31.5. The van der Waals surface area contributed by atoms with Gasteiger partial charge in [-0.1, -0.05) is 103 Å². The normalized spacial score (nSPS) is 11.9. The van der Waals surface area contributed by atoms with Crippen molar-refractivity contribution in [2.75, 3.05) is 17.4 Å². The molecule has 44 heavy (non-hydrogen) atoms. The van der Waals surface area contributed by atoms with E-state index in [9.17, 15) is 18.0 Å². The van der Waals surface area contributed by atoms with Crippen LogP contribution < -0.4 is 9.62 Å². The lowest BCUT2D eigenvalue weighted by atomic mass is 10.0. The van der Waals surface area contributed by atoms with Crippen molar-refractivity contribution in [3.8, 4) is 0 Å². The molecule has 0 radical (unpaired) electrons. The molecule has 0 unspecified atom stereocenters. The summed E-state index contributed by atoms with van der Waals surface area (Å²) in [5.74, 6) is -0.793. The molecule has 9 heteroatoms. The van der Waals surface area contributed by atoms with Crippen LogP contribution in [0, 0.1) is 6.92 Å². The summed E-state index contributed by atoms with van der Waals surface area (Å²) in [6, 6.07) is 30.7. The molecule has 0 fully saturated rings. The van der Waals surface area contributed by atoms with Crippen LogP contribution in [0.2, 0.25) is 5.02 Å². The van der Waals surface area contributed by atoms with Crippen molar-refractivity contribution in [3.63, 3.8) is 0 Å². The van der Waals surface area contributed by atoms with E-state index in [1.165, 1.54) is 17.0 Å². The lowest BCUT2D eigenvalue weighted by Gasteiger charge is -2.34. The third-order valence-electron chi connectivity index (χ3n) is 7.30. The topological polar surface area (TPSA) is 86.8 Å². The summed E-state index contributed by atoms with van der Waals surface area (Å²) in [6.45, 7) is 4.10. The minimum absolute atomic E-state index is 0.0472. The Morgan fingerprint density at radius 3 is 2.05 bits per heavy atom. The highest BCUT2D eigenvalue weighted by Crippen LogP contribution is 2.26. The van der Waals surface area contributed by atoms with Crippen molar-refractivity contribution in [2.45, 2.75) is 50.6 Å². The predicted octanol–water partition coefficient (Wildman–Crippen LogP) is 6.40. The molecule has 1 N–H and O–H groups in total. The summed E-state index contributed by atoms with van der Waals surface area (Å²) in [4.78, 5) is 29.7. The van der Waals surface area contributed by atoms with Crippen LogP contribution in [0.4, 0.5) is 5.69 Å². The van der Waals surface area contributed by atoms with E-state index in [2.05, 4.69) is 5.32 Å². The van der Waals surface area contributed by atoms with E-state index in [4.69, 9.17) is 11.6 Å². The summed E-state index contributed by atoms with van der Waals surface area (Å²) < 4.78 is 29.0. The zero-order valence-electron chi connectivity index (χ0n) is 25.0. The van der Waals surface area contributed by atoms with Crippen molar-refractivity contribution in [3.05, 3.63) is 131 Å². The number of rotatable bonds is 14. The smallest absolute Gasteiger partial charge is 0.264 e. The monoisotopic (exact) mass is 631 g/mol. The van der Waals surface area contributed by atoms with Crippen LogP contribution >= 0.6 is 11.6 Å². The Hall–Kier alpha value is -4.14. The van der Waals surface area contributed by atoms with E-state index < -0.39 is 28.5 Å².